The van der Waals surface area contributed by atoms with Gasteiger partial charge in [0.05, 0.1) is 23.6 Å². The number of aromatic nitrogens is 3. The Balaban J connectivity index is 1.49. The fourth-order valence-electron chi connectivity index (χ4n) is 5.98. The summed E-state index contributed by atoms with van der Waals surface area (Å²) in [5.41, 5.74) is 6.60. The van der Waals surface area contributed by atoms with Crippen LogP contribution in [0.15, 0.2) is 72.9 Å². The third-order valence-electron chi connectivity index (χ3n) is 8.14. The van der Waals surface area contributed by atoms with Gasteiger partial charge in [0.15, 0.2) is 0 Å². The maximum atomic E-state index is 13.9. The maximum Gasteiger partial charge on any atom is 0.416 e. The van der Waals surface area contributed by atoms with Crippen LogP contribution >= 0.6 is 0 Å². The summed E-state index contributed by atoms with van der Waals surface area (Å²) in [4.78, 5) is 5.39. The highest BCUT2D eigenvalue weighted by Gasteiger charge is 2.37. The lowest BCUT2D eigenvalue weighted by Gasteiger charge is -2.33. The van der Waals surface area contributed by atoms with Crippen LogP contribution in [0.5, 0.6) is 5.75 Å². The van der Waals surface area contributed by atoms with E-state index in [1.807, 2.05) is 36.0 Å². The Bertz CT molecular complexity index is 1730. The molecule has 1 unspecified atom stereocenters. The molecule has 3 heterocycles. The highest BCUT2D eigenvalue weighted by Crippen LogP contribution is 2.41. The Morgan fingerprint density at radius 1 is 1.00 bits per heavy atom. The zero-order valence-electron chi connectivity index (χ0n) is 24.3. The van der Waals surface area contributed by atoms with Gasteiger partial charge in [0.2, 0.25) is 0 Å². The van der Waals surface area contributed by atoms with E-state index in [2.05, 4.69) is 54.9 Å². The van der Waals surface area contributed by atoms with Crippen LogP contribution in [0.25, 0.3) is 27.8 Å². The maximum absolute atomic E-state index is 13.9. The number of aryl methyl sites for hydroxylation is 1. The van der Waals surface area contributed by atoms with Crippen LogP contribution < -0.4 is 4.74 Å². The van der Waals surface area contributed by atoms with E-state index >= 15 is 0 Å². The number of nitrogens with one attached hydrogen (secondary N) is 1. The highest BCUT2D eigenvalue weighted by atomic mass is 19.4. The molecule has 6 rings (SSSR count). The molecule has 1 aliphatic heterocycles. The van der Waals surface area contributed by atoms with Crippen molar-refractivity contribution in [3.05, 3.63) is 101 Å². The first-order valence-corrected chi connectivity index (χ1v) is 14.4. The van der Waals surface area contributed by atoms with E-state index in [9.17, 15) is 13.2 Å². The first-order valence-electron chi connectivity index (χ1n) is 14.4. The molecule has 8 heteroatoms. The Morgan fingerprint density at radius 3 is 2.60 bits per heavy atom. The van der Waals surface area contributed by atoms with Crippen LogP contribution in [0.4, 0.5) is 13.2 Å². The summed E-state index contributed by atoms with van der Waals surface area (Å²) in [6, 6.07) is 19.8. The number of hydrogen-bond donors (Lipinski definition) is 1. The van der Waals surface area contributed by atoms with E-state index < -0.39 is 17.8 Å². The minimum Gasteiger partial charge on any atom is -0.491 e. The lowest BCUT2D eigenvalue weighted by atomic mass is 9.95. The molecular weight excluding hydrogens is 537 g/mol. The topological polar surface area (TPSA) is 46.1 Å². The minimum absolute atomic E-state index is 0.291. The monoisotopic (exact) mass is 572 g/mol. The number of benzene rings is 3. The van der Waals surface area contributed by atoms with Gasteiger partial charge in [-0.25, -0.2) is 4.68 Å². The number of halogens is 3. The second kappa shape index (κ2) is 11.0. The van der Waals surface area contributed by atoms with Crippen molar-refractivity contribution in [2.75, 3.05) is 13.2 Å². The number of H-pyrrole nitrogens is 1. The van der Waals surface area contributed by atoms with E-state index in [0.717, 1.165) is 50.4 Å². The number of nitrogens with zero attached hydrogens (tertiary/aromatic N) is 3. The Hall–Kier alpha value is -4.04. The second-order valence-electron chi connectivity index (χ2n) is 11.6. The normalized spacial score (nSPS) is 14.9. The average Bonchev–Trinajstić information content (AvgIpc) is 3.59. The van der Waals surface area contributed by atoms with E-state index in [0.29, 0.717) is 37.6 Å². The van der Waals surface area contributed by atoms with Crippen LogP contribution in [0.3, 0.4) is 0 Å². The fourth-order valence-corrected chi connectivity index (χ4v) is 5.98. The molecule has 0 fully saturated rings. The number of aromatic amines is 1. The molecule has 0 spiro atoms. The van der Waals surface area contributed by atoms with Gasteiger partial charge in [0, 0.05) is 53.8 Å². The van der Waals surface area contributed by atoms with Gasteiger partial charge in [-0.3, -0.25) is 4.90 Å². The van der Waals surface area contributed by atoms with Crippen molar-refractivity contribution in [3.63, 3.8) is 0 Å². The molecule has 2 aromatic heterocycles. The molecule has 5 nitrogen and oxygen atoms in total. The van der Waals surface area contributed by atoms with Gasteiger partial charge in [-0.1, -0.05) is 50.2 Å². The molecule has 1 N–H and O–H groups in total. The summed E-state index contributed by atoms with van der Waals surface area (Å²) >= 11 is 0. The molecule has 0 radical (unpaired) electrons. The minimum atomic E-state index is -4.41. The number of rotatable bonds is 7. The Labute approximate surface area is 243 Å². The largest absolute Gasteiger partial charge is 0.491 e. The number of ether oxygens (including phenoxy) is 1. The molecular formula is C34H35F3N4O. The van der Waals surface area contributed by atoms with E-state index in [-0.39, 0.29) is 0 Å². The SMILES string of the molecule is Cc1cccc(OCC(C)C)c1-n1nc2c(c1-c1ccc3[nH]ccc3c1)CN(C(C)c1ccccc1C(F)(F)F)CC2. The standard InChI is InChI=1S/C34H35F3N4O/c1-21(2)20-42-31-11-7-8-22(3)32(31)41-33(25-12-13-29-24(18-25)14-16-38-29)27-19-40(17-15-30(27)39-41)23(4)26-9-5-6-10-28(26)34(35,36)37/h5-14,16,18,21,23,38H,15,17,19-20H2,1-4H3. The van der Waals surface area contributed by atoms with Crippen LogP contribution in [0.1, 0.15) is 54.8 Å². The van der Waals surface area contributed by atoms with Crippen molar-refractivity contribution in [1.82, 2.24) is 19.7 Å². The molecule has 0 aliphatic carbocycles. The zero-order chi connectivity index (χ0) is 29.6. The average molecular weight is 573 g/mol. The van der Waals surface area contributed by atoms with E-state index in [1.54, 1.807) is 12.1 Å². The zero-order valence-corrected chi connectivity index (χ0v) is 24.3. The van der Waals surface area contributed by atoms with Crippen molar-refractivity contribution in [1.29, 1.82) is 0 Å². The molecule has 42 heavy (non-hydrogen) atoms. The number of fused-ring (bicyclic) bond motifs is 2. The molecule has 1 atom stereocenters. The Kier molecular flexibility index (Phi) is 7.35. The second-order valence-corrected chi connectivity index (χ2v) is 11.6. The van der Waals surface area contributed by atoms with Gasteiger partial charge in [-0.2, -0.15) is 18.3 Å². The van der Waals surface area contributed by atoms with Gasteiger partial charge >= 0.3 is 6.18 Å². The van der Waals surface area contributed by atoms with Crippen LogP contribution in [0.2, 0.25) is 0 Å². The van der Waals surface area contributed by atoms with Crippen molar-refractivity contribution in [3.8, 4) is 22.7 Å². The summed E-state index contributed by atoms with van der Waals surface area (Å²) in [7, 11) is 0. The molecule has 0 amide bonds. The molecule has 1 aliphatic rings. The highest BCUT2D eigenvalue weighted by molar-refractivity contribution is 5.85. The predicted octanol–water partition coefficient (Wildman–Crippen LogP) is 8.50. The van der Waals surface area contributed by atoms with Gasteiger partial charge in [-0.15, -0.1) is 0 Å². The first kappa shape index (κ1) is 28.1. The quantitative estimate of drug-likeness (QED) is 0.213. The van der Waals surface area contributed by atoms with Crippen molar-refractivity contribution >= 4 is 10.9 Å². The number of para-hydroxylation sites is 1. The van der Waals surface area contributed by atoms with E-state index in [4.69, 9.17) is 9.84 Å². The molecule has 0 saturated heterocycles. The van der Waals surface area contributed by atoms with Gasteiger partial charge < -0.3 is 9.72 Å². The van der Waals surface area contributed by atoms with Crippen molar-refractivity contribution in [2.45, 2.75) is 52.9 Å². The van der Waals surface area contributed by atoms with Crippen LogP contribution in [0, 0.1) is 12.8 Å². The summed E-state index contributed by atoms with van der Waals surface area (Å²) in [5.74, 6) is 1.12. The summed E-state index contributed by atoms with van der Waals surface area (Å²) in [6.07, 6.45) is -1.86. The van der Waals surface area contributed by atoms with Gasteiger partial charge in [0.25, 0.3) is 0 Å². The number of hydrogen-bond acceptors (Lipinski definition) is 3. The summed E-state index contributed by atoms with van der Waals surface area (Å²) < 4.78 is 50.1. The van der Waals surface area contributed by atoms with E-state index in [1.165, 1.54) is 12.1 Å². The lowest BCUT2D eigenvalue weighted by Crippen LogP contribution is -2.33. The third kappa shape index (κ3) is 5.20. The van der Waals surface area contributed by atoms with Crippen LogP contribution in [-0.4, -0.2) is 32.8 Å². The molecule has 3 aromatic carbocycles. The third-order valence-corrected chi connectivity index (χ3v) is 8.14. The van der Waals surface area contributed by atoms with Crippen LogP contribution in [-0.2, 0) is 19.1 Å². The fraction of sp³-hybridized carbons (Fsp3) is 0.324. The Morgan fingerprint density at radius 2 is 1.81 bits per heavy atom. The first-order chi connectivity index (χ1) is 20.1. The lowest BCUT2D eigenvalue weighted by molar-refractivity contribution is -0.138. The molecule has 5 aromatic rings. The number of alkyl halides is 3. The van der Waals surface area contributed by atoms with Crippen molar-refractivity contribution < 1.29 is 17.9 Å². The smallest absolute Gasteiger partial charge is 0.416 e. The summed E-state index contributed by atoms with van der Waals surface area (Å²) in [5, 5.41) is 6.24. The predicted molar refractivity (Wildman–Crippen MR) is 160 cm³/mol. The summed E-state index contributed by atoms with van der Waals surface area (Å²) in [6.45, 7) is 9.82. The molecule has 0 saturated carbocycles. The van der Waals surface area contributed by atoms with Crippen molar-refractivity contribution in [2.24, 2.45) is 5.92 Å². The van der Waals surface area contributed by atoms with Gasteiger partial charge in [0.1, 0.15) is 11.4 Å². The van der Waals surface area contributed by atoms with Gasteiger partial charge in [-0.05, 0) is 61.2 Å². The molecule has 218 valence electrons. The molecule has 0 bridgehead atoms.